The number of hydrogen-bond acceptors (Lipinski definition) is 8. The summed E-state index contributed by atoms with van der Waals surface area (Å²) >= 11 is 0. The van der Waals surface area contributed by atoms with E-state index in [1.165, 1.54) is 11.0 Å². The molecule has 1 fully saturated rings. The number of nitrogens with zero attached hydrogens (tertiary/aromatic N) is 1. The Morgan fingerprint density at radius 1 is 1.15 bits per heavy atom. The Bertz CT molecular complexity index is 1170. The third kappa shape index (κ3) is 3.33. The molecule has 0 saturated heterocycles. The van der Waals surface area contributed by atoms with Gasteiger partial charge in [0.25, 0.3) is 5.91 Å². The molecule has 1 saturated carbocycles. The van der Waals surface area contributed by atoms with Crippen LogP contribution in [0.3, 0.4) is 0 Å². The number of carbonyl (C=O) groups excluding carboxylic acids is 3. The molecule has 34 heavy (non-hydrogen) atoms. The first-order valence-electron chi connectivity index (χ1n) is 11.2. The van der Waals surface area contributed by atoms with Gasteiger partial charge in [-0.3, -0.25) is 19.3 Å². The molecule has 0 spiro atoms. The molecule has 0 aromatic heterocycles. The number of aliphatic hydroxyl groups is 3. The second-order valence-electron chi connectivity index (χ2n) is 10.6. The van der Waals surface area contributed by atoms with Gasteiger partial charge in [-0.1, -0.05) is 12.1 Å². The van der Waals surface area contributed by atoms with Crippen molar-refractivity contribution in [2.75, 3.05) is 14.1 Å². The Hall–Kier alpha value is -3.17. The van der Waals surface area contributed by atoms with Gasteiger partial charge in [0, 0.05) is 17.0 Å². The fourth-order valence-electron chi connectivity index (χ4n) is 5.57. The van der Waals surface area contributed by atoms with Crippen LogP contribution < -0.4 is 5.32 Å². The Labute approximate surface area is 197 Å². The molecular formula is C25H30N2O7. The Morgan fingerprint density at radius 2 is 1.79 bits per heavy atom. The summed E-state index contributed by atoms with van der Waals surface area (Å²) in [5.74, 6) is -5.82. The third-order valence-electron chi connectivity index (χ3n) is 6.93. The second kappa shape index (κ2) is 7.68. The van der Waals surface area contributed by atoms with Crippen molar-refractivity contribution in [2.45, 2.75) is 50.8 Å². The predicted molar refractivity (Wildman–Crippen MR) is 123 cm³/mol. The summed E-state index contributed by atoms with van der Waals surface area (Å²) in [6.45, 7) is 5.09. The number of aliphatic hydroxyl groups excluding tert-OH is 2. The smallest absolute Gasteiger partial charge is 0.258 e. The fourth-order valence-corrected chi connectivity index (χ4v) is 5.57. The lowest BCUT2D eigenvalue weighted by molar-refractivity contribution is -0.153. The molecule has 4 atom stereocenters. The minimum absolute atomic E-state index is 0.101. The van der Waals surface area contributed by atoms with Gasteiger partial charge in [0.1, 0.15) is 22.8 Å². The minimum atomic E-state index is -2.59. The molecule has 4 rings (SSSR count). The highest BCUT2D eigenvalue weighted by molar-refractivity contribution is 6.25. The van der Waals surface area contributed by atoms with Crippen LogP contribution in [0.5, 0.6) is 5.75 Å². The number of hydrogen-bond donors (Lipinski definition) is 5. The number of carbonyl (C=O) groups is 3. The zero-order chi connectivity index (χ0) is 25.3. The van der Waals surface area contributed by atoms with Crippen molar-refractivity contribution in [3.8, 4) is 5.75 Å². The van der Waals surface area contributed by atoms with E-state index in [1.807, 2.05) is 0 Å². The lowest BCUT2D eigenvalue weighted by Gasteiger charge is -2.50. The molecule has 3 aliphatic rings. The molecule has 1 amide bonds. The first kappa shape index (κ1) is 24.0. The molecule has 0 radical (unpaired) electrons. The number of Topliss-reactive ketones (excluding diaryl/α,β-unsaturated/α-hetero) is 2. The van der Waals surface area contributed by atoms with E-state index in [-0.39, 0.29) is 23.3 Å². The van der Waals surface area contributed by atoms with Crippen LogP contribution in [-0.4, -0.2) is 74.1 Å². The summed E-state index contributed by atoms with van der Waals surface area (Å²) in [7, 11) is 3.21. The van der Waals surface area contributed by atoms with Gasteiger partial charge in [0.15, 0.2) is 11.4 Å². The number of nitrogens with one attached hydrogen (secondary N) is 1. The normalized spacial score (nSPS) is 29.1. The third-order valence-corrected chi connectivity index (χ3v) is 6.93. The molecule has 0 aliphatic heterocycles. The van der Waals surface area contributed by atoms with Crippen molar-refractivity contribution < 1.29 is 34.8 Å². The quantitative estimate of drug-likeness (QED) is 0.408. The summed E-state index contributed by atoms with van der Waals surface area (Å²) in [6, 6.07) is 3.69. The van der Waals surface area contributed by atoms with Crippen molar-refractivity contribution in [3.05, 3.63) is 46.2 Å². The van der Waals surface area contributed by atoms with Crippen molar-refractivity contribution in [3.63, 3.8) is 0 Å². The highest BCUT2D eigenvalue weighted by Crippen LogP contribution is 2.52. The highest BCUT2D eigenvalue weighted by Gasteiger charge is 2.64. The van der Waals surface area contributed by atoms with E-state index in [0.29, 0.717) is 12.0 Å². The number of phenolic OH excluding ortho intramolecular Hbond substituents is 1. The summed E-state index contributed by atoms with van der Waals surface area (Å²) in [5, 5.41) is 46.7. The molecule has 0 heterocycles. The van der Waals surface area contributed by atoms with Crippen LogP contribution in [0.2, 0.25) is 0 Å². The molecule has 0 unspecified atom stereocenters. The first-order valence-corrected chi connectivity index (χ1v) is 11.2. The number of benzene rings is 1. The van der Waals surface area contributed by atoms with E-state index < -0.39 is 63.6 Å². The van der Waals surface area contributed by atoms with Crippen molar-refractivity contribution in [1.29, 1.82) is 0 Å². The van der Waals surface area contributed by atoms with Gasteiger partial charge >= 0.3 is 0 Å². The van der Waals surface area contributed by atoms with Crippen molar-refractivity contribution in [2.24, 2.45) is 11.8 Å². The SMILES string of the molecule is CN(C)[C@@H]1C(=O)C(C(=O)NC(C)(C)C)=C(O)[C@@]2(O)C(=O)C3=C(O)c4c(O)cccc4C[C@H]3C[C@@H]12. The van der Waals surface area contributed by atoms with E-state index in [2.05, 4.69) is 5.32 Å². The highest BCUT2D eigenvalue weighted by atomic mass is 16.3. The second-order valence-corrected chi connectivity index (χ2v) is 10.6. The summed E-state index contributed by atoms with van der Waals surface area (Å²) < 4.78 is 0. The molecule has 5 N–H and O–H groups in total. The lowest BCUT2D eigenvalue weighted by atomic mass is 9.57. The van der Waals surface area contributed by atoms with Gasteiger partial charge in [-0.15, -0.1) is 0 Å². The van der Waals surface area contributed by atoms with Gasteiger partial charge in [0.2, 0.25) is 5.78 Å². The number of likely N-dealkylation sites (N-methyl/N-ethyl adjacent to an activating group) is 1. The molecule has 3 aliphatic carbocycles. The molecule has 1 aromatic rings. The van der Waals surface area contributed by atoms with Crippen molar-refractivity contribution >= 4 is 23.2 Å². The average molecular weight is 471 g/mol. The Balaban J connectivity index is 1.94. The van der Waals surface area contributed by atoms with Gasteiger partial charge in [0.05, 0.1) is 11.6 Å². The Morgan fingerprint density at radius 3 is 2.38 bits per heavy atom. The zero-order valence-electron chi connectivity index (χ0n) is 19.8. The number of aromatic hydroxyl groups is 1. The number of phenols is 1. The minimum Gasteiger partial charge on any atom is -0.508 e. The summed E-state index contributed by atoms with van der Waals surface area (Å²) in [4.78, 5) is 41.7. The van der Waals surface area contributed by atoms with E-state index in [9.17, 15) is 34.8 Å². The molecule has 182 valence electrons. The van der Waals surface area contributed by atoms with E-state index in [4.69, 9.17) is 0 Å². The molecular weight excluding hydrogens is 440 g/mol. The maximum Gasteiger partial charge on any atom is 0.258 e. The molecule has 1 aromatic carbocycles. The van der Waals surface area contributed by atoms with E-state index in [0.717, 1.165) is 0 Å². The van der Waals surface area contributed by atoms with Crippen LogP contribution in [0.25, 0.3) is 5.76 Å². The van der Waals surface area contributed by atoms with Crippen molar-refractivity contribution in [1.82, 2.24) is 10.2 Å². The van der Waals surface area contributed by atoms with E-state index >= 15 is 0 Å². The first-order chi connectivity index (χ1) is 15.7. The van der Waals surface area contributed by atoms with Crippen LogP contribution in [0, 0.1) is 11.8 Å². The number of rotatable bonds is 2. The monoisotopic (exact) mass is 470 g/mol. The van der Waals surface area contributed by atoms with Crippen LogP contribution in [0.4, 0.5) is 0 Å². The largest absolute Gasteiger partial charge is 0.508 e. The molecule has 9 nitrogen and oxygen atoms in total. The standard InChI is InChI=1S/C25H30N2O7/c1-24(2,3)26-23(33)17-20(30)18(27(4)5)13-10-12-9-11-7-6-8-14(28)15(11)19(29)16(12)21(31)25(13,34)22(17)32/h6-8,12-13,18,28-29,32,34H,9-10H2,1-5H3,(H,26,33)/t12-,13-,18-,25-/m0/s1. The van der Waals surface area contributed by atoms with Crippen LogP contribution in [0.15, 0.2) is 35.1 Å². The van der Waals surface area contributed by atoms with Gasteiger partial charge in [-0.05, 0) is 65.3 Å². The molecule has 0 bridgehead atoms. The average Bonchev–Trinajstić information content (AvgIpc) is 2.69. The predicted octanol–water partition coefficient (Wildman–Crippen LogP) is 1.39. The topological polar surface area (TPSA) is 147 Å². The summed E-state index contributed by atoms with van der Waals surface area (Å²) in [6.07, 6.45) is 0.404. The number of fused-ring (bicyclic) bond motifs is 3. The maximum absolute atomic E-state index is 13.8. The Kier molecular flexibility index (Phi) is 5.41. The van der Waals surface area contributed by atoms with Gasteiger partial charge < -0.3 is 25.7 Å². The van der Waals surface area contributed by atoms with Crippen LogP contribution in [0.1, 0.15) is 38.3 Å². The van der Waals surface area contributed by atoms with Gasteiger partial charge in [-0.25, -0.2) is 0 Å². The van der Waals surface area contributed by atoms with Gasteiger partial charge in [-0.2, -0.15) is 0 Å². The molecule has 9 heteroatoms. The van der Waals surface area contributed by atoms with Crippen LogP contribution >= 0.6 is 0 Å². The number of ketones is 2. The lowest BCUT2D eigenvalue weighted by Crippen LogP contribution is -2.66. The van der Waals surface area contributed by atoms with E-state index in [1.54, 1.807) is 47.0 Å². The number of amides is 1. The maximum atomic E-state index is 13.8. The summed E-state index contributed by atoms with van der Waals surface area (Å²) in [5.41, 5.74) is -3.38. The fraction of sp³-hybridized carbons (Fsp3) is 0.480. The van der Waals surface area contributed by atoms with Crippen LogP contribution in [-0.2, 0) is 20.8 Å². The zero-order valence-corrected chi connectivity index (χ0v) is 19.8.